The lowest BCUT2D eigenvalue weighted by molar-refractivity contribution is 0.0993. The summed E-state index contributed by atoms with van der Waals surface area (Å²) in [4.78, 5) is 12.4. The minimum Gasteiger partial charge on any atom is -0.397 e. The first-order chi connectivity index (χ1) is 9.61. The van der Waals surface area contributed by atoms with Crippen molar-refractivity contribution >= 4 is 27.8 Å². The van der Waals surface area contributed by atoms with Gasteiger partial charge in [0.15, 0.2) is 5.78 Å². The molecule has 0 spiro atoms. The average Bonchev–Trinajstić information content (AvgIpc) is 2.81. The van der Waals surface area contributed by atoms with Crippen LogP contribution in [-0.4, -0.2) is 12.3 Å². The summed E-state index contributed by atoms with van der Waals surface area (Å²) < 4.78 is 0. The van der Waals surface area contributed by atoms with E-state index in [0.29, 0.717) is 17.0 Å². The molecule has 0 unspecified atom stereocenters. The van der Waals surface area contributed by atoms with Gasteiger partial charge in [-0.05, 0) is 30.5 Å². The minimum absolute atomic E-state index is 0.111. The number of ketones is 1. The predicted octanol–water partition coefficient (Wildman–Crippen LogP) is 3.89. The fourth-order valence-corrected chi connectivity index (χ4v) is 3.10. The summed E-state index contributed by atoms with van der Waals surface area (Å²) in [6.07, 6.45) is 1.45. The van der Waals surface area contributed by atoms with Gasteiger partial charge in [-0.2, -0.15) is 0 Å². The van der Waals surface area contributed by atoms with E-state index >= 15 is 0 Å². The van der Waals surface area contributed by atoms with Crippen LogP contribution in [0.4, 0.5) is 10.7 Å². The molecular weight excluding hydrogens is 268 g/mol. The summed E-state index contributed by atoms with van der Waals surface area (Å²) >= 11 is 1.45. The molecule has 2 rings (SSSR count). The van der Waals surface area contributed by atoms with Crippen LogP contribution >= 0.6 is 11.3 Å². The van der Waals surface area contributed by atoms with E-state index in [9.17, 15) is 4.79 Å². The van der Waals surface area contributed by atoms with E-state index in [1.807, 2.05) is 13.0 Å². The van der Waals surface area contributed by atoms with E-state index in [2.05, 4.69) is 36.5 Å². The highest BCUT2D eigenvalue weighted by molar-refractivity contribution is 7.18. The number of hydrogen-bond donors (Lipinski definition) is 2. The van der Waals surface area contributed by atoms with Crippen molar-refractivity contribution in [3.8, 4) is 0 Å². The number of aryl methyl sites for hydroxylation is 1. The molecule has 2 aromatic rings. The lowest BCUT2D eigenvalue weighted by Crippen LogP contribution is -2.04. The smallest absolute Gasteiger partial charge is 0.174 e. The fourth-order valence-electron chi connectivity index (χ4n) is 2.08. The number of rotatable bonds is 6. The Labute approximate surface area is 123 Å². The molecule has 1 heterocycles. The maximum atomic E-state index is 11.7. The summed E-state index contributed by atoms with van der Waals surface area (Å²) in [5, 5.41) is 4.31. The zero-order valence-corrected chi connectivity index (χ0v) is 12.7. The molecule has 0 fully saturated rings. The molecule has 0 radical (unpaired) electrons. The van der Waals surface area contributed by atoms with Gasteiger partial charge in [-0.1, -0.05) is 31.2 Å². The lowest BCUT2D eigenvalue weighted by Gasteiger charge is -2.06. The van der Waals surface area contributed by atoms with Crippen molar-refractivity contribution in [1.29, 1.82) is 0 Å². The van der Waals surface area contributed by atoms with Crippen LogP contribution in [0.15, 0.2) is 30.3 Å². The highest BCUT2D eigenvalue weighted by Crippen LogP contribution is 2.30. The number of carbonyl (C=O) groups is 1. The Kier molecular flexibility index (Phi) is 4.79. The van der Waals surface area contributed by atoms with Crippen molar-refractivity contribution in [3.05, 3.63) is 46.3 Å². The Balaban J connectivity index is 1.95. The van der Waals surface area contributed by atoms with Gasteiger partial charge in [-0.25, -0.2) is 0 Å². The Morgan fingerprint density at radius 1 is 1.35 bits per heavy atom. The SMILES string of the molecule is CCC(=O)c1sc(NCCc2ccccc2C)cc1N. The molecule has 0 saturated heterocycles. The van der Waals surface area contributed by atoms with Gasteiger partial charge in [0.25, 0.3) is 0 Å². The standard InChI is InChI=1S/C16H20N2OS/c1-3-14(19)16-13(17)10-15(20-16)18-9-8-12-7-5-4-6-11(12)2/h4-7,10,18H,3,8-9,17H2,1-2H3. The second kappa shape index (κ2) is 6.57. The molecule has 0 aliphatic carbocycles. The molecule has 106 valence electrons. The first-order valence-electron chi connectivity index (χ1n) is 6.82. The molecule has 4 heteroatoms. The maximum Gasteiger partial charge on any atom is 0.174 e. The molecule has 3 nitrogen and oxygen atoms in total. The molecule has 0 amide bonds. The molecule has 0 atom stereocenters. The topological polar surface area (TPSA) is 55.1 Å². The molecule has 1 aromatic carbocycles. The van der Waals surface area contributed by atoms with Crippen LogP contribution in [0.2, 0.25) is 0 Å². The van der Waals surface area contributed by atoms with Crippen molar-refractivity contribution in [1.82, 2.24) is 0 Å². The van der Waals surface area contributed by atoms with Gasteiger partial charge in [0.05, 0.1) is 15.6 Å². The van der Waals surface area contributed by atoms with E-state index in [4.69, 9.17) is 5.73 Å². The van der Waals surface area contributed by atoms with Crippen molar-refractivity contribution in [2.75, 3.05) is 17.6 Å². The number of carbonyl (C=O) groups excluding carboxylic acids is 1. The summed E-state index contributed by atoms with van der Waals surface area (Å²) in [5.74, 6) is 0.111. The number of thiophene rings is 1. The Hall–Kier alpha value is -1.81. The number of Topliss-reactive ketones (excluding diaryl/α,β-unsaturated/α-hetero) is 1. The summed E-state index contributed by atoms with van der Waals surface area (Å²) in [6, 6.07) is 10.2. The van der Waals surface area contributed by atoms with Gasteiger partial charge in [0.2, 0.25) is 0 Å². The normalized spacial score (nSPS) is 10.5. The van der Waals surface area contributed by atoms with Gasteiger partial charge in [0.1, 0.15) is 0 Å². The summed E-state index contributed by atoms with van der Waals surface area (Å²) in [5.41, 5.74) is 9.11. The summed E-state index contributed by atoms with van der Waals surface area (Å²) in [7, 11) is 0. The first-order valence-corrected chi connectivity index (χ1v) is 7.64. The third kappa shape index (κ3) is 3.39. The Morgan fingerprint density at radius 3 is 2.80 bits per heavy atom. The quantitative estimate of drug-likeness (QED) is 0.793. The Bertz CT molecular complexity index is 604. The van der Waals surface area contributed by atoms with Gasteiger partial charge >= 0.3 is 0 Å². The second-order valence-corrected chi connectivity index (χ2v) is 5.83. The van der Waals surface area contributed by atoms with E-state index in [0.717, 1.165) is 18.0 Å². The van der Waals surface area contributed by atoms with Crippen LogP contribution in [0.25, 0.3) is 0 Å². The molecule has 3 N–H and O–H groups in total. The van der Waals surface area contributed by atoms with E-state index in [-0.39, 0.29) is 5.78 Å². The van der Waals surface area contributed by atoms with Crippen LogP contribution < -0.4 is 11.1 Å². The van der Waals surface area contributed by atoms with Crippen molar-refractivity contribution < 1.29 is 4.79 Å². The second-order valence-electron chi connectivity index (χ2n) is 4.78. The van der Waals surface area contributed by atoms with Gasteiger partial charge < -0.3 is 11.1 Å². The van der Waals surface area contributed by atoms with Crippen LogP contribution in [0.1, 0.15) is 34.1 Å². The molecule has 0 aliphatic heterocycles. The number of benzene rings is 1. The zero-order valence-electron chi connectivity index (χ0n) is 11.9. The van der Waals surface area contributed by atoms with E-state index in [1.54, 1.807) is 0 Å². The highest BCUT2D eigenvalue weighted by Gasteiger charge is 2.12. The Morgan fingerprint density at radius 2 is 2.10 bits per heavy atom. The number of nitrogens with one attached hydrogen (secondary N) is 1. The molecule has 0 bridgehead atoms. The van der Waals surface area contributed by atoms with E-state index < -0.39 is 0 Å². The van der Waals surface area contributed by atoms with E-state index in [1.165, 1.54) is 22.5 Å². The van der Waals surface area contributed by atoms with Crippen LogP contribution in [0.5, 0.6) is 0 Å². The average molecular weight is 288 g/mol. The van der Waals surface area contributed by atoms with Gasteiger partial charge in [-0.3, -0.25) is 4.79 Å². The molecule has 1 aromatic heterocycles. The fraction of sp³-hybridized carbons (Fsp3) is 0.312. The molecule has 0 saturated carbocycles. The number of hydrogen-bond acceptors (Lipinski definition) is 4. The largest absolute Gasteiger partial charge is 0.397 e. The van der Waals surface area contributed by atoms with Crippen molar-refractivity contribution in [2.24, 2.45) is 0 Å². The monoisotopic (exact) mass is 288 g/mol. The number of anilines is 2. The van der Waals surface area contributed by atoms with Gasteiger partial charge in [0, 0.05) is 13.0 Å². The summed E-state index contributed by atoms with van der Waals surface area (Å²) in [6.45, 7) is 4.81. The third-order valence-corrected chi connectivity index (χ3v) is 4.44. The lowest BCUT2D eigenvalue weighted by atomic mass is 10.1. The van der Waals surface area contributed by atoms with Crippen LogP contribution in [-0.2, 0) is 6.42 Å². The molecule has 0 aliphatic rings. The third-order valence-electron chi connectivity index (χ3n) is 3.29. The maximum absolute atomic E-state index is 11.7. The molecule has 20 heavy (non-hydrogen) atoms. The van der Waals surface area contributed by atoms with Crippen molar-refractivity contribution in [2.45, 2.75) is 26.7 Å². The van der Waals surface area contributed by atoms with Crippen LogP contribution in [0.3, 0.4) is 0 Å². The van der Waals surface area contributed by atoms with Crippen LogP contribution in [0, 0.1) is 6.92 Å². The van der Waals surface area contributed by atoms with Crippen molar-refractivity contribution in [3.63, 3.8) is 0 Å². The zero-order chi connectivity index (χ0) is 14.5. The number of nitrogen functional groups attached to an aromatic ring is 1. The van der Waals surface area contributed by atoms with Gasteiger partial charge in [-0.15, -0.1) is 11.3 Å². The predicted molar refractivity (Wildman–Crippen MR) is 86.7 cm³/mol. The first kappa shape index (κ1) is 14.6. The molecular formula is C16H20N2OS. The highest BCUT2D eigenvalue weighted by atomic mass is 32.1. The minimum atomic E-state index is 0.111. The number of nitrogens with two attached hydrogens (primary N) is 1.